The first-order valence-corrected chi connectivity index (χ1v) is 11.4. The Bertz CT molecular complexity index is 1340. The van der Waals surface area contributed by atoms with Gasteiger partial charge in [0, 0.05) is 16.8 Å². The molecule has 0 saturated carbocycles. The minimum atomic E-state index is -4.46. The Morgan fingerprint density at radius 1 is 1.00 bits per heavy atom. The van der Waals surface area contributed by atoms with Crippen LogP contribution in [0.5, 0.6) is 6.01 Å². The molecule has 6 nitrogen and oxygen atoms in total. The minimum absolute atomic E-state index is 0.122. The highest BCUT2D eigenvalue weighted by Gasteiger charge is 2.30. The Morgan fingerprint density at radius 2 is 1.67 bits per heavy atom. The van der Waals surface area contributed by atoms with Gasteiger partial charge >= 0.3 is 12.2 Å². The summed E-state index contributed by atoms with van der Waals surface area (Å²) < 4.78 is 45.7. The third-order valence-corrected chi connectivity index (χ3v) is 5.36. The van der Waals surface area contributed by atoms with Crippen LogP contribution >= 0.6 is 0 Å². The summed E-state index contributed by atoms with van der Waals surface area (Å²) in [6, 6.07) is 19.1. The molecule has 0 bridgehead atoms. The van der Waals surface area contributed by atoms with Crippen LogP contribution in [0.1, 0.15) is 35.3 Å². The van der Waals surface area contributed by atoms with E-state index in [1.807, 2.05) is 45.0 Å². The highest BCUT2D eigenvalue weighted by molar-refractivity contribution is 6.04. The molecule has 0 unspecified atom stereocenters. The van der Waals surface area contributed by atoms with Crippen LogP contribution in [0, 0.1) is 12.8 Å². The molecule has 0 radical (unpaired) electrons. The molecule has 0 fully saturated rings. The molecule has 36 heavy (non-hydrogen) atoms. The van der Waals surface area contributed by atoms with Crippen LogP contribution < -0.4 is 10.1 Å². The minimum Gasteiger partial charge on any atom is -0.462 e. The highest BCUT2D eigenvalue weighted by Crippen LogP contribution is 2.30. The number of rotatable bonds is 7. The van der Waals surface area contributed by atoms with Gasteiger partial charge in [0.05, 0.1) is 17.9 Å². The number of alkyl halides is 3. The van der Waals surface area contributed by atoms with Crippen LogP contribution in [-0.4, -0.2) is 27.3 Å². The average Bonchev–Trinajstić information content (AvgIpc) is 3.27. The van der Waals surface area contributed by atoms with Crippen LogP contribution in [0.2, 0.25) is 0 Å². The van der Waals surface area contributed by atoms with Crippen molar-refractivity contribution in [3.8, 4) is 23.1 Å². The number of hydrogen-bond acceptors (Lipinski definition) is 4. The van der Waals surface area contributed by atoms with Crippen molar-refractivity contribution in [2.24, 2.45) is 5.92 Å². The molecule has 0 aliphatic heterocycles. The van der Waals surface area contributed by atoms with Crippen molar-refractivity contribution in [3.05, 3.63) is 89.5 Å². The zero-order chi connectivity index (χ0) is 25.9. The molecule has 9 heteroatoms. The smallest absolute Gasteiger partial charge is 0.416 e. The summed E-state index contributed by atoms with van der Waals surface area (Å²) in [5, 5.41) is 7.24. The van der Waals surface area contributed by atoms with Crippen molar-refractivity contribution in [1.82, 2.24) is 14.8 Å². The van der Waals surface area contributed by atoms with Crippen molar-refractivity contribution in [2.45, 2.75) is 26.9 Å². The molecule has 1 aromatic heterocycles. The van der Waals surface area contributed by atoms with Crippen LogP contribution in [-0.2, 0) is 6.18 Å². The molecule has 0 aliphatic rings. The van der Waals surface area contributed by atoms with Gasteiger partial charge in [-0.2, -0.15) is 18.2 Å². The first-order chi connectivity index (χ1) is 17.1. The molecule has 3 aromatic carbocycles. The quantitative estimate of drug-likeness (QED) is 0.316. The molecule has 0 atom stereocenters. The summed E-state index contributed by atoms with van der Waals surface area (Å²) in [7, 11) is 0. The maximum atomic E-state index is 12.8. The topological polar surface area (TPSA) is 69.0 Å². The second-order valence-electron chi connectivity index (χ2n) is 8.73. The van der Waals surface area contributed by atoms with Gasteiger partial charge in [-0.25, -0.2) is 4.68 Å². The number of hydrogen-bond donors (Lipinski definition) is 1. The zero-order valence-electron chi connectivity index (χ0n) is 20.0. The molecule has 4 rings (SSSR count). The van der Waals surface area contributed by atoms with Crippen LogP contribution in [0.3, 0.4) is 0 Å². The molecular weight excluding hydrogens is 469 g/mol. The number of nitrogens with zero attached hydrogens (tertiary/aromatic N) is 3. The van der Waals surface area contributed by atoms with E-state index in [0.29, 0.717) is 29.7 Å². The van der Waals surface area contributed by atoms with Gasteiger partial charge in [-0.1, -0.05) is 38.1 Å². The lowest BCUT2D eigenvalue weighted by atomic mass is 10.1. The highest BCUT2D eigenvalue weighted by atomic mass is 19.4. The van der Waals surface area contributed by atoms with Crippen molar-refractivity contribution in [3.63, 3.8) is 0 Å². The Balaban J connectivity index is 1.57. The first kappa shape index (κ1) is 25.0. The molecule has 186 valence electrons. The second-order valence-corrected chi connectivity index (χ2v) is 8.73. The predicted molar refractivity (Wildman–Crippen MR) is 131 cm³/mol. The van der Waals surface area contributed by atoms with Crippen molar-refractivity contribution in [2.75, 3.05) is 11.9 Å². The van der Waals surface area contributed by atoms with E-state index in [1.165, 1.54) is 0 Å². The number of nitrogens with one attached hydrogen (secondary N) is 1. The summed E-state index contributed by atoms with van der Waals surface area (Å²) >= 11 is 0. The molecular formula is C27H25F3N4O2. The molecule has 0 saturated heterocycles. The normalized spacial score (nSPS) is 11.5. The lowest BCUT2D eigenvalue weighted by Gasteiger charge is -2.10. The number of aromatic nitrogens is 3. The predicted octanol–water partition coefficient (Wildman–Crippen LogP) is 6.55. The van der Waals surface area contributed by atoms with Gasteiger partial charge in [-0.15, -0.1) is 5.10 Å². The van der Waals surface area contributed by atoms with E-state index < -0.39 is 17.6 Å². The van der Waals surface area contributed by atoms with E-state index in [9.17, 15) is 18.0 Å². The molecule has 1 heterocycles. The monoisotopic (exact) mass is 494 g/mol. The van der Waals surface area contributed by atoms with Gasteiger partial charge in [0.2, 0.25) is 0 Å². The Hall–Kier alpha value is -4.14. The van der Waals surface area contributed by atoms with E-state index in [1.54, 1.807) is 28.9 Å². The molecule has 0 aliphatic carbocycles. The Labute approximate surface area is 206 Å². The summed E-state index contributed by atoms with van der Waals surface area (Å²) in [6.45, 7) is 6.54. The van der Waals surface area contributed by atoms with E-state index in [0.717, 1.165) is 35.4 Å². The lowest BCUT2D eigenvalue weighted by molar-refractivity contribution is -0.137. The summed E-state index contributed by atoms with van der Waals surface area (Å²) in [5.41, 5.74) is 2.44. The van der Waals surface area contributed by atoms with Crippen LogP contribution in [0.15, 0.2) is 72.8 Å². The Morgan fingerprint density at radius 3 is 2.28 bits per heavy atom. The van der Waals surface area contributed by atoms with Crippen LogP contribution in [0.4, 0.5) is 18.9 Å². The van der Waals surface area contributed by atoms with E-state index >= 15 is 0 Å². The molecule has 1 amide bonds. The number of aryl methyl sites for hydroxylation is 1. The molecule has 1 N–H and O–H groups in total. The van der Waals surface area contributed by atoms with Gasteiger partial charge in [-0.3, -0.25) is 4.79 Å². The third-order valence-electron chi connectivity index (χ3n) is 5.36. The first-order valence-electron chi connectivity index (χ1n) is 11.4. The number of ether oxygens (including phenoxy) is 1. The third kappa shape index (κ3) is 5.73. The van der Waals surface area contributed by atoms with Gasteiger partial charge in [0.25, 0.3) is 5.91 Å². The lowest BCUT2D eigenvalue weighted by Crippen LogP contribution is -2.13. The number of carbonyl (C=O) groups excluding carboxylic acids is 1. The second kappa shape index (κ2) is 10.2. The standard InChI is InChI=1S/C27H25F3N4O2/c1-17(2)16-36-26-32-24(23-7-5-4-6-18(23)3)34(33-26)22-14-12-21(13-15-22)31-25(35)19-8-10-20(11-9-19)27(28,29)30/h4-15,17H,16H2,1-3H3,(H,31,35). The van der Waals surface area contributed by atoms with Crippen molar-refractivity contribution >= 4 is 11.6 Å². The van der Waals surface area contributed by atoms with Crippen molar-refractivity contribution < 1.29 is 22.7 Å². The van der Waals surface area contributed by atoms with Gasteiger partial charge in [0.1, 0.15) is 0 Å². The largest absolute Gasteiger partial charge is 0.462 e. The van der Waals surface area contributed by atoms with E-state index in [-0.39, 0.29) is 11.6 Å². The fraction of sp³-hybridized carbons (Fsp3) is 0.222. The van der Waals surface area contributed by atoms with E-state index in [2.05, 4.69) is 15.4 Å². The van der Waals surface area contributed by atoms with Crippen LogP contribution in [0.25, 0.3) is 17.1 Å². The number of benzene rings is 3. The maximum absolute atomic E-state index is 12.8. The number of anilines is 1. The van der Waals surface area contributed by atoms with Crippen molar-refractivity contribution in [1.29, 1.82) is 0 Å². The number of amides is 1. The molecule has 4 aromatic rings. The fourth-order valence-corrected chi connectivity index (χ4v) is 3.47. The summed E-state index contributed by atoms with van der Waals surface area (Å²) in [6.07, 6.45) is -4.46. The maximum Gasteiger partial charge on any atom is 0.416 e. The SMILES string of the molecule is Cc1ccccc1-c1nc(OCC(C)C)nn1-c1ccc(NC(=O)c2ccc(C(F)(F)F)cc2)cc1. The fourth-order valence-electron chi connectivity index (χ4n) is 3.47. The van der Waals surface area contributed by atoms with Gasteiger partial charge in [0.15, 0.2) is 5.82 Å². The Kier molecular flexibility index (Phi) is 7.10. The number of halogens is 3. The van der Waals surface area contributed by atoms with Gasteiger partial charge in [-0.05, 0) is 66.9 Å². The summed E-state index contributed by atoms with van der Waals surface area (Å²) in [4.78, 5) is 17.1. The number of carbonyl (C=O) groups is 1. The molecule has 0 spiro atoms. The zero-order valence-corrected chi connectivity index (χ0v) is 20.0. The average molecular weight is 495 g/mol. The van der Waals surface area contributed by atoms with E-state index in [4.69, 9.17) is 4.74 Å². The summed E-state index contributed by atoms with van der Waals surface area (Å²) in [5.74, 6) is 0.419. The van der Waals surface area contributed by atoms with Gasteiger partial charge < -0.3 is 10.1 Å².